The molecule has 0 aliphatic carbocycles. The molecule has 2 heteroatoms. The van der Waals surface area contributed by atoms with Crippen LogP contribution >= 0.6 is 0 Å². The average molecular weight is 144 g/mol. The molecule has 0 atom stereocenters. The minimum Gasteiger partial charge on any atom is -0.390 e. The van der Waals surface area contributed by atoms with Crippen LogP contribution in [0.4, 0.5) is 0 Å². The Hall–Kier alpha value is -0.370. The second-order valence-electron chi connectivity index (χ2n) is 4.10. The number of rotatable bonds is 3. The van der Waals surface area contributed by atoms with Crippen LogP contribution in [0.1, 0.15) is 34.1 Å². The van der Waals surface area contributed by atoms with Crippen molar-refractivity contribution in [3.05, 3.63) is 0 Å². The van der Waals surface area contributed by atoms with E-state index in [2.05, 4.69) is 0 Å². The lowest BCUT2D eigenvalue weighted by Crippen LogP contribution is -2.28. The zero-order valence-corrected chi connectivity index (χ0v) is 7.14. The molecule has 0 aromatic rings. The van der Waals surface area contributed by atoms with Crippen LogP contribution in [0.25, 0.3) is 0 Å². The maximum Gasteiger partial charge on any atom is 0.125 e. The molecule has 2 nitrogen and oxygen atoms in total. The Morgan fingerprint density at radius 1 is 1.30 bits per heavy atom. The standard InChI is InChI=1S/C8H16O2/c1-7(2,6-9)5-8(3,4)10/h6,10H,5H2,1-4H3. The Morgan fingerprint density at radius 2 is 1.70 bits per heavy atom. The number of hydrogen-bond acceptors (Lipinski definition) is 2. The van der Waals surface area contributed by atoms with Crippen molar-refractivity contribution in [2.24, 2.45) is 5.41 Å². The van der Waals surface area contributed by atoms with E-state index in [1.807, 2.05) is 13.8 Å². The van der Waals surface area contributed by atoms with E-state index in [1.54, 1.807) is 13.8 Å². The molecular formula is C8H16O2. The molecule has 0 aliphatic rings. The number of aldehydes is 1. The van der Waals surface area contributed by atoms with Gasteiger partial charge in [-0.15, -0.1) is 0 Å². The molecular weight excluding hydrogens is 128 g/mol. The predicted molar refractivity (Wildman–Crippen MR) is 40.8 cm³/mol. The van der Waals surface area contributed by atoms with Crippen molar-refractivity contribution in [3.8, 4) is 0 Å². The number of aliphatic hydroxyl groups is 1. The van der Waals surface area contributed by atoms with Crippen LogP contribution < -0.4 is 0 Å². The van der Waals surface area contributed by atoms with Gasteiger partial charge in [0, 0.05) is 5.41 Å². The molecule has 0 amide bonds. The van der Waals surface area contributed by atoms with Gasteiger partial charge in [-0.1, -0.05) is 13.8 Å². The third-order valence-electron chi connectivity index (χ3n) is 1.21. The Bertz CT molecular complexity index is 120. The lowest BCUT2D eigenvalue weighted by Gasteiger charge is -2.26. The highest BCUT2D eigenvalue weighted by Gasteiger charge is 2.25. The molecule has 0 spiro atoms. The fourth-order valence-electron chi connectivity index (χ4n) is 1.16. The van der Waals surface area contributed by atoms with Crippen LogP contribution in [-0.2, 0) is 4.79 Å². The van der Waals surface area contributed by atoms with E-state index in [1.165, 1.54) is 0 Å². The molecule has 0 aromatic carbocycles. The second-order valence-corrected chi connectivity index (χ2v) is 4.10. The summed E-state index contributed by atoms with van der Waals surface area (Å²) in [6, 6.07) is 0. The van der Waals surface area contributed by atoms with Gasteiger partial charge in [0.2, 0.25) is 0 Å². The molecule has 0 saturated heterocycles. The molecule has 0 aromatic heterocycles. The van der Waals surface area contributed by atoms with Crippen molar-refractivity contribution in [2.75, 3.05) is 0 Å². The van der Waals surface area contributed by atoms with Crippen molar-refractivity contribution >= 4 is 6.29 Å². The summed E-state index contributed by atoms with van der Waals surface area (Å²) in [7, 11) is 0. The fourth-order valence-corrected chi connectivity index (χ4v) is 1.16. The van der Waals surface area contributed by atoms with Crippen LogP contribution in [-0.4, -0.2) is 17.0 Å². The van der Waals surface area contributed by atoms with Gasteiger partial charge in [0.1, 0.15) is 6.29 Å². The molecule has 60 valence electrons. The van der Waals surface area contributed by atoms with Gasteiger partial charge in [-0.2, -0.15) is 0 Å². The minimum absolute atomic E-state index is 0.405. The zero-order valence-electron chi connectivity index (χ0n) is 7.14. The smallest absolute Gasteiger partial charge is 0.125 e. The summed E-state index contributed by atoms with van der Waals surface area (Å²) in [5.74, 6) is 0. The third-order valence-corrected chi connectivity index (χ3v) is 1.21. The van der Waals surface area contributed by atoms with Gasteiger partial charge >= 0.3 is 0 Å². The lowest BCUT2D eigenvalue weighted by molar-refractivity contribution is -0.117. The molecule has 0 unspecified atom stereocenters. The van der Waals surface area contributed by atoms with Crippen molar-refractivity contribution in [3.63, 3.8) is 0 Å². The van der Waals surface area contributed by atoms with E-state index >= 15 is 0 Å². The quantitative estimate of drug-likeness (QED) is 0.607. The van der Waals surface area contributed by atoms with Crippen LogP contribution in [0.15, 0.2) is 0 Å². The average Bonchev–Trinajstić information content (AvgIpc) is 1.60. The summed E-state index contributed by atoms with van der Waals surface area (Å²) >= 11 is 0. The summed E-state index contributed by atoms with van der Waals surface area (Å²) in [4.78, 5) is 10.4. The van der Waals surface area contributed by atoms with Gasteiger partial charge in [-0.3, -0.25) is 0 Å². The summed E-state index contributed by atoms with van der Waals surface area (Å²) in [6.45, 7) is 7.05. The minimum atomic E-state index is -0.746. The molecule has 0 bridgehead atoms. The first kappa shape index (κ1) is 9.63. The number of hydrogen-bond donors (Lipinski definition) is 1. The Morgan fingerprint density at radius 3 is 1.80 bits per heavy atom. The predicted octanol–water partition coefficient (Wildman–Crippen LogP) is 1.37. The van der Waals surface area contributed by atoms with Crippen molar-refractivity contribution in [1.29, 1.82) is 0 Å². The van der Waals surface area contributed by atoms with Gasteiger partial charge in [0.05, 0.1) is 5.60 Å². The molecule has 0 fully saturated rings. The first-order valence-corrected chi connectivity index (χ1v) is 3.46. The number of carbonyl (C=O) groups is 1. The van der Waals surface area contributed by atoms with E-state index in [4.69, 9.17) is 0 Å². The van der Waals surface area contributed by atoms with Gasteiger partial charge in [-0.05, 0) is 20.3 Å². The van der Waals surface area contributed by atoms with Gasteiger partial charge in [0.25, 0.3) is 0 Å². The summed E-state index contributed by atoms with van der Waals surface area (Å²) in [5, 5.41) is 9.33. The SMILES string of the molecule is CC(C)(O)CC(C)(C)C=O. The summed E-state index contributed by atoms with van der Waals surface area (Å²) in [6.07, 6.45) is 1.38. The van der Waals surface area contributed by atoms with Crippen LogP contribution in [0.2, 0.25) is 0 Å². The Labute approximate surface area is 62.2 Å². The highest BCUT2D eigenvalue weighted by atomic mass is 16.3. The van der Waals surface area contributed by atoms with Crippen molar-refractivity contribution < 1.29 is 9.90 Å². The zero-order chi connectivity index (χ0) is 8.41. The lowest BCUT2D eigenvalue weighted by atomic mass is 9.83. The Kier molecular flexibility index (Phi) is 2.60. The molecule has 10 heavy (non-hydrogen) atoms. The second kappa shape index (κ2) is 2.70. The topological polar surface area (TPSA) is 37.3 Å². The molecule has 0 heterocycles. The van der Waals surface area contributed by atoms with Gasteiger partial charge in [0.15, 0.2) is 0 Å². The summed E-state index contributed by atoms with van der Waals surface area (Å²) < 4.78 is 0. The molecule has 0 rings (SSSR count). The highest BCUT2D eigenvalue weighted by Crippen LogP contribution is 2.24. The first-order valence-electron chi connectivity index (χ1n) is 3.46. The van der Waals surface area contributed by atoms with E-state index in [0.29, 0.717) is 6.42 Å². The maximum absolute atomic E-state index is 10.4. The molecule has 0 saturated carbocycles. The molecule has 1 N–H and O–H groups in total. The van der Waals surface area contributed by atoms with Gasteiger partial charge < -0.3 is 9.90 Å². The summed E-state index contributed by atoms with van der Waals surface area (Å²) in [5.41, 5.74) is -1.15. The van der Waals surface area contributed by atoms with E-state index < -0.39 is 11.0 Å². The monoisotopic (exact) mass is 144 g/mol. The highest BCUT2D eigenvalue weighted by molar-refractivity contribution is 5.57. The van der Waals surface area contributed by atoms with Gasteiger partial charge in [-0.25, -0.2) is 0 Å². The van der Waals surface area contributed by atoms with Crippen molar-refractivity contribution in [2.45, 2.75) is 39.7 Å². The van der Waals surface area contributed by atoms with E-state index in [9.17, 15) is 9.90 Å². The Balaban J connectivity index is 4.01. The van der Waals surface area contributed by atoms with Crippen molar-refractivity contribution in [1.82, 2.24) is 0 Å². The normalized spacial score (nSPS) is 13.3. The molecule has 0 radical (unpaired) electrons. The van der Waals surface area contributed by atoms with E-state index in [-0.39, 0.29) is 0 Å². The van der Waals surface area contributed by atoms with Crippen LogP contribution in [0, 0.1) is 5.41 Å². The third kappa shape index (κ3) is 4.50. The number of carbonyl (C=O) groups excluding carboxylic acids is 1. The van der Waals surface area contributed by atoms with Crippen LogP contribution in [0.5, 0.6) is 0 Å². The largest absolute Gasteiger partial charge is 0.390 e. The fraction of sp³-hybridized carbons (Fsp3) is 0.875. The van der Waals surface area contributed by atoms with E-state index in [0.717, 1.165) is 6.29 Å². The van der Waals surface area contributed by atoms with Crippen LogP contribution in [0.3, 0.4) is 0 Å². The molecule has 0 aliphatic heterocycles. The first-order chi connectivity index (χ1) is 4.27. The maximum atomic E-state index is 10.4.